The van der Waals surface area contributed by atoms with Gasteiger partial charge in [0.25, 0.3) is 5.91 Å². The highest BCUT2D eigenvalue weighted by molar-refractivity contribution is 7.89. The van der Waals surface area contributed by atoms with Gasteiger partial charge in [-0.1, -0.05) is 72.3 Å². The second-order valence-corrected chi connectivity index (χ2v) is 13.5. The first kappa shape index (κ1) is 29.1. The summed E-state index contributed by atoms with van der Waals surface area (Å²) in [6, 6.07) is 12.9. The third-order valence-electron chi connectivity index (χ3n) is 7.68. The zero-order valence-electron chi connectivity index (χ0n) is 22.6. The number of hydrogen-bond donors (Lipinski definition) is 2. The van der Waals surface area contributed by atoms with E-state index in [0.717, 1.165) is 69.2 Å². The molecule has 2 N–H and O–H groups in total. The van der Waals surface area contributed by atoms with E-state index in [-0.39, 0.29) is 29.8 Å². The lowest BCUT2D eigenvalue weighted by Crippen LogP contribution is -2.45. The summed E-state index contributed by atoms with van der Waals surface area (Å²) >= 11 is 12.8. The van der Waals surface area contributed by atoms with Crippen LogP contribution in [0, 0.1) is 12.8 Å². The van der Waals surface area contributed by atoms with Crippen molar-refractivity contribution in [1.82, 2.24) is 24.9 Å². The van der Waals surface area contributed by atoms with Crippen LogP contribution in [0.3, 0.4) is 0 Å². The van der Waals surface area contributed by atoms with Crippen molar-refractivity contribution in [2.75, 3.05) is 18.8 Å². The molecule has 2 aromatic carbocycles. The highest BCUT2D eigenvalue weighted by Crippen LogP contribution is 2.34. The van der Waals surface area contributed by atoms with Crippen LogP contribution in [0.5, 0.6) is 0 Å². The molecule has 1 aromatic heterocycles. The maximum atomic E-state index is 13.7. The number of hydrogen-bond acceptors (Lipinski definition) is 5. The lowest BCUT2D eigenvalue weighted by atomic mass is 10.0. The zero-order chi connectivity index (χ0) is 28.3. The van der Waals surface area contributed by atoms with E-state index in [4.69, 9.17) is 28.3 Å². The predicted octanol–water partition coefficient (Wildman–Crippen LogP) is 5.89. The van der Waals surface area contributed by atoms with Gasteiger partial charge in [0.05, 0.1) is 22.2 Å². The van der Waals surface area contributed by atoms with Crippen LogP contribution in [0.2, 0.25) is 10.0 Å². The van der Waals surface area contributed by atoms with Gasteiger partial charge in [-0.25, -0.2) is 22.8 Å². The van der Waals surface area contributed by atoms with E-state index in [1.165, 1.54) is 0 Å². The molecule has 1 aliphatic carbocycles. The van der Waals surface area contributed by atoms with Crippen molar-refractivity contribution in [2.24, 2.45) is 5.92 Å². The number of amides is 1. The van der Waals surface area contributed by atoms with Gasteiger partial charge in [0.1, 0.15) is 0 Å². The number of nitrogens with one attached hydrogen (secondary N) is 2. The number of carbonyl (C=O) groups excluding carboxylic acids is 1. The molecule has 8 nitrogen and oxygen atoms in total. The maximum Gasteiger partial charge on any atom is 0.286 e. The van der Waals surface area contributed by atoms with Crippen molar-refractivity contribution in [2.45, 2.75) is 58.4 Å². The summed E-state index contributed by atoms with van der Waals surface area (Å²) in [4.78, 5) is 13.7. The van der Waals surface area contributed by atoms with Crippen molar-refractivity contribution in [3.63, 3.8) is 0 Å². The average Bonchev–Trinajstić information content (AvgIpc) is 3.56. The Morgan fingerprint density at radius 3 is 2.38 bits per heavy atom. The Kier molecular flexibility index (Phi) is 9.17. The van der Waals surface area contributed by atoms with Crippen LogP contribution in [0.4, 0.5) is 0 Å². The molecule has 5 rings (SSSR count). The van der Waals surface area contributed by atoms with Gasteiger partial charge < -0.3 is 0 Å². The van der Waals surface area contributed by atoms with Crippen molar-refractivity contribution >= 4 is 39.1 Å². The van der Waals surface area contributed by atoms with E-state index >= 15 is 0 Å². The van der Waals surface area contributed by atoms with Gasteiger partial charge in [0, 0.05) is 35.8 Å². The third-order valence-corrected chi connectivity index (χ3v) is 9.71. The first-order valence-electron chi connectivity index (χ1n) is 13.9. The van der Waals surface area contributed by atoms with Gasteiger partial charge in [-0.05, 0) is 56.7 Å². The first-order chi connectivity index (χ1) is 19.2. The summed E-state index contributed by atoms with van der Waals surface area (Å²) in [6.45, 7) is 3.42. The summed E-state index contributed by atoms with van der Waals surface area (Å²) in [5, 5.41) is 7.49. The predicted molar refractivity (Wildman–Crippen MR) is 159 cm³/mol. The fourth-order valence-corrected chi connectivity index (χ4v) is 7.49. The second-order valence-electron chi connectivity index (χ2n) is 10.8. The Balaban J connectivity index is 1.59. The number of nitrogens with zero attached hydrogens (tertiary/aromatic N) is 3. The molecule has 0 spiro atoms. The van der Waals surface area contributed by atoms with E-state index in [2.05, 4.69) is 10.1 Å². The number of halogens is 2. The first-order valence-corrected chi connectivity index (χ1v) is 16.3. The monoisotopic (exact) mass is 603 g/mol. The summed E-state index contributed by atoms with van der Waals surface area (Å²) in [5.41, 5.74) is 6.61. The SMILES string of the molecule is Cc1ccc(-c2c(CNS(=O)(=O)CC3CCCC3)c(C(=O)NN3CCCCC3)nn2-c2ccc(Cl)cc2Cl)cc1. The average molecular weight is 605 g/mol. The molecule has 0 unspecified atom stereocenters. The number of aromatic nitrogens is 2. The Morgan fingerprint density at radius 1 is 1.00 bits per heavy atom. The van der Waals surface area contributed by atoms with Gasteiger partial charge in [-0.3, -0.25) is 10.2 Å². The summed E-state index contributed by atoms with van der Waals surface area (Å²) in [6.07, 6.45) is 7.09. The fraction of sp³-hybridized carbons (Fsp3) is 0.448. The molecule has 40 heavy (non-hydrogen) atoms. The fourth-order valence-electron chi connectivity index (χ4n) is 5.57. The maximum absolute atomic E-state index is 13.7. The molecular formula is C29H35Cl2N5O3S. The highest BCUT2D eigenvalue weighted by atomic mass is 35.5. The molecule has 0 bridgehead atoms. The van der Waals surface area contributed by atoms with Crippen LogP contribution in [-0.2, 0) is 16.6 Å². The summed E-state index contributed by atoms with van der Waals surface area (Å²) in [7, 11) is -3.58. The van der Waals surface area contributed by atoms with Crippen molar-refractivity contribution < 1.29 is 13.2 Å². The minimum Gasteiger partial charge on any atom is -0.283 e. The minimum absolute atomic E-state index is 0.0772. The second kappa shape index (κ2) is 12.6. The molecule has 214 valence electrons. The normalized spacial score (nSPS) is 16.9. The number of rotatable bonds is 9. The number of benzene rings is 2. The smallest absolute Gasteiger partial charge is 0.283 e. The van der Waals surface area contributed by atoms with Gasteiger partial charge in [-0.15, -0.1) is 0 Å². The topological polar surface area (TPSA) is 96.3 Å². The minimum atomic E-state index is -3.58. The summed E-state index contributed by atoms with van der Waals surface area (Å²) in [5.74, 6) is -0.144. The van der Waals surface area contributed by atoms with E-state index < -0.39 is 10.0 Å². The number of carbonyl (C=O) groups is 1. The largest absolute Gasteiger partial charge is 0.286 e. The van der Waals surface area contributed by atoms with Crippen LogP contribution in [0.15, 0.2) is 42.5 Å². The van der Waals surface area contributed by atoms with Gasteiger partial charge in [0.15, 0.2) is 5.69 Å². The van der Waals surface area contributed by atoms with Crippen molar-refractivity contribution in [1.29, 1.82) is 0 Å². The molecule has 2 aliphatic rings. The molecule has 3 aromatic rings. The van der Waals surface area contributed by atoms with Gasteiger partial charge in [0.2, 0.25) is 10.0 Å². The van der Waals surface area contributed by atoms with Crippen molar-refractivity contribution in [3.05, 3.63) is 69.3 Å². The summed E-state index contributed by atoms with van der Waals surface area (Å²) < 4.78 is 30.7. The van der Waals surface area contributed by atoms with Gasteiger partial charge >= 0.3 is 0 Å². The quantitative estimate of drug-likeness (QED) is 0.318. The third kappa shape index (κ3) is 6.89. The number of hydrazine groups is 1. The Hall–Kier alpha value is -2.43. The van der Waals surface area contributed by atoms with E-state index in [9.17, 15) is 13.2 Å². The lowest BCUT2D eigenvalue weighted by Gasteiger charge is -2.26. The molecule has 0 radical (unpaired) electrons. The van der Waals surface area contributed by atoms with E-state index in [1.807, 2.05) is 36.2 Å². The highest BCUT2D eigenvalue weighted by Gasteiger charge is 2.29. The molecule has 1 aliphatic heterocycles. The Morgan fingerprint density at radius 2 is 1.70 bits per heavy atom. The molecule has 1 saturated heterocycles. The van der Waals surface area contributed by atoms with Crippen LogP contribution in [0.1, 0.15) is 66.6 Å². The van der Waals surface area contributed by atoms with Crippen molar-refractivity contribution in [3.8, 4) is 16.9 Å². The molecule has 11 heteroatoms. The molecule has 0 atom stereocenters. The van der Waals surface area contributed by atoms with Gasteiger partial charge in [-0.2, -0.15) is 5.10 Å². The van der Waals surface area contributed by atoms with E-state index in [0.29, 0.717) is 27.0 Å². The van der Waals surface area contributed by atoms with Crippen LogP contribution >= 0.6 is 23.2 Å². The lowest BCUT2D eigenvalue weighted by molar-refractivity contribution is 0.0743. The molecule has 2 heterocycles. The Labute approximate surface area is 246 Å². The van der Waals surface area contributed by atoms with Crippen LogP contribution in [0.25, 0.3) is 16.9 Å². The molecule has 2 fully saturated rings. The van der Waals surface area contributed by atoms with Crippen LogP contribution < -0.4 is 10.1 Å². The number of aryl methyl sites for hydroxylation is 1. The zero-order valence-corrected chi connectivity index (χ0v) is 25.0. The standard InChI is InChI=1S/C29H35Cl2N5O3S/c1-20-9-11-22(12-10-20)28-24(18-32-40(38,39)19-21-7-3-4-8-21)27(29(37)34-35-15-5-2-6-16-35)33-36(28)26-14-13-23(30)17-25(26)31/h9-14,17,21,32H,2-8,15-16,18-19H2,1H3,(H,34,37). The van der Waals surface area contributed by atoms with Crippen LogP contribution in [-0.4, -0.2) is 48.0 Å². The Bertz CT molecular complexity index is 1460. The number of piperidine rings is 1. The number of sulfonamides is 1. The van der Waals surface area contributed by atoms with E-state index in [1.54, 1.807) is 22.9 Å². The molecular weight excluding hydrogens is 569 g/mol. The molecule has 1 amide bonds. The molecule has 1 saturated carbocycles.